The first kappa shape index (κ1) is 36.6. The van der Waals surface area contributed by atoms with E-state index >= 15 is 0 Å². The van der Waals surface area contributed by atoms with Crippen LogP contribution in [0.1, 0.15) is 102 Å². The molecule has 0 spiro atoms. The number of benzene rings is 2. The molecule has 52 heavy (non-hydrogen) atoms. The summed E-state index contributed by atoms with van der Waals surface area (Å²) >= 11 is 0. The number of ether oxygens (including phenoxy) is 4. The highest BCUT2D eigenvalue weighted by Crippen LogP contribution is 2.46. The first-order valence-corrected chi connectivity index (χ1v) is 19.7. The van der Waals surface area contributed by atoms with Gasteiger partial charge in [-0.2, -0.15) is 0 Å². The minimum atomic E-state index is -0.408. The number of rotatable bonds is 12. The molecule has 1 saturated carbocycles. The van der Waals surface area contributed by atoms with E-state index in [0.717, 1.165) is 73.4 Å². The quantitative estimate of drug-likeness (QED) is 0.141. The molecule has 4 aliphatic heterocycles. The minimum absolute atomic E-state index is 0.115. The Labute approximate surface area is 307 Å². The Balaban J connectivity index is 0.883. The summed E-state index contributed by atoms with van der Waals surface area (Å²) in [5.41, 5.74) is 2.42. The van der Waals surface area contributed by atoms with Crippen molar-refractivity contribution in [2.75, 3.05) is 14.1 Å². The Bertz CT molecular complexity index is 1490. The van der Waals surface area contributed by atoms with Crippen LogP contribution in [0.3, 0.4) is 0 Å². The van der Waals surface area contributed by atoms with Gasteiger partial charge in [0.05, 0.1) is 50.1 Å². The second-order valence-corrected chi connectivity index (χ2v) is 16.6. The van der Waals surface area contributed by atoms with Crippen LogP contribution in [0.15, 0.2) is 48.5 Å². The van der Waals surface area contributed by atoms with Crippen LogP contribution in [-0.4, -0.2) is 83.3 Å². The highest BCUT2D eigenvalue weighted by Gasteiger charge is 2.55. The number of hydrogen-bond acceptors (Lipinski definition) is 8. The minimum Gasteiger partial charge on any atom is -0.462 e. The summed E-state index contributed by atoms with van der Waals surface area (Å²) in [6.07, 6.45) is 9.63. The molecule has 10 heteroatoms. The molecule has 10 nitrogen and oxygen atoms in total. The third-order valence-electron chi connectivity index (χ3n) is 13.5. The molecule has 5 aliphatic rings. The number of nitrogens with zero attached hydrogens (tertiary/aromatic N) is 2. The molecule has 10 atom stereocenters. The van der Waals surface area contributed by atoms with Crippen molar-refractivity contribution in [1.82, 2.24) is 0 Å². The average Bonchev–Trinajstić information content (AvgIpc) is 3.33. The molecule has 0 N–H and O–H groups in total. The molecular formula is C42H56N2O8+2. The zero-order chi connectivity index (χ0) is 36.6. The highest BCUT2D eigenvalue weighted by molar-refractivity contribution is 5.84. The number of carbonyl (C=O) groups excluding carboxylic acids is 4. The number of hydrogen-bond donors (Lipinski definition) is 0. The van der Waals surface area contributed by atoms with E-state index in [1.54, 1.807) is 13.8 Å². The van der Waals surface area contributed by atoms with Crippen LogP contribution in [0.25, 0.3) is 0 Å². The first-order chi connectivity index (χ1) is 25.0. The molecule has 0 aromatic heterocycles. The van der Waals surface area contributed by atoms with E-state index in [9.17, 15) is 19.2 Å². The molecule has 4 saturated heterocycles. The van der Waals surface area contributed by atoms with Crippen LogP contribution in [0.4, 0.5) is 0 Å². The zero-order valence-corrected chi connectivity index (χ0v) is 31.3. The van der Waals surface area contributed by atoms with Gasteiger partial charge in [0, 0.05) is 75.3 Å². The zero-order valence-electron chi connectivity index (χ0n) is 31.3. The third kappa shape index (κ3) is 7.38. The largest absolute Gasteiger partial charge is 0.462 e. The van der Waals surface area contributed by atoms with Crippen molar-refractivity contribution in [1.29, 1.82) is 0 Å². The van der Waals surface area contributed by atoms with Gasteiger partial charge in [-0.15, -0.1) is 0 Å². The lowest BCUT2D eigenvalue weighted by Gasteiger charge is -2.47. The molecule has 2 aromatic rings. The Hall–Kier alpha value is -3.76. The van der Waals surface area contributed by atoms with Crippen LogP contribution in [-0.2, 0) is 41.7 Å². The standard InChI is InChI=1S/C42H56N2O8/c1-5-39(45)49-33-15-7-27(8-16-33)25-43(3)29-11-12-30(43)22-35(21-29)51-41(47)37-19-20-38(37)42(48)52-36-23-31-13-14-32(24-36)44(31,4)26-28-9-17-34(18-10-28)50-40(46)6-2/h7-10,15-18,29-32,35-38H,5-6,11-14,19-26H2,1-4H3/q+2/t29-,30+,31-,32+,35?,36?,37?,38?,43?,44?. The summed E-state index contributed by atoms with van der Waals surface area (Å²) < 4.78 is 24.9. The normalized spacial score (nSPS) is 34.5. The summed E-state index contributed by atoms with van der Waals surface area (Å²) in [5.74, 6) is -0.593. The number of fused-ring (bicyclic) bond motifs is 4. The van der Waals surface area contributed by atoms with Gasteiger partial charge >= 0.3 is 23.9 Å². The maximum atomic E-state index is 13.5. The Morgan fingerprint density at radius 2 is 0.865 bits per heavy atom. The summed E-state index contributed by atoms with van der Waals surface area (Å²) in [4.78, 5) is 50.3. The van der Waals surface area contributed by atoms with Gasteiger partial charge in [-0.3, -0.25) is 19.2 Å². The topological polar surface area (TPSA) is 105 Å². The molecule has 0 radical (unpaired) electrons. The summed E-state index contributed by atoms with van der Waals surface area (Å²) in [6.45, 7) is 5.35. The van der Waals surface area contributed by atoms with E-state index in [4.69, 9.17) is 18.9 Å². The van der Waals surface area contributed by atoms with Crippen molar-refractivity contribution in [2.24, 2.45) is 11.8 Å². The molecule has 4 heterocycles. The van der Waals surface area contributed by atoms with E-state index in [-0.39, 0.29) is 36.1 Å². The maximum absolute atomic E-state index is 13.5. The average molecular weight is 717 g/mol. The van der Waals surface area contributed by atoms with Gasteiger partial charge in [-0.1, -0.05) is 13.8 Å². The number of quaternary nitrogens is 2. The maximum Gasteiger partial charge on any atom is 0.310 e. The molecule has 0 amide bonds. The SMILES string of the molecule is CCC(=O)Oc1ccc(C[N+]2(C)[C@@H]3CC[C@H]2CC(OC(=O)C2CCC2C(=O)OC2C[C@H]4CC[C@@H](C2)[N+]4(C)Cc2ccc(OC(=O)CC)cc2)C3)cc1. The molecule has 6 unspecified atom stereocenters. The van der Waals surface area contributed by atoms with Crippen molar-refractivity contribution in [3.8, 4) is 11.5 Å². The smallest absolute Gasteiger partial charge is 0.310 e. The Kier molecular flexibility index (Phi) is 10.5. The second-order valence-electron chi connectivity index (χ2n) is 16.6. The third-order valence-corrected chi connectivity index (χ3v) is 13.5. The first-order valence-electron chi connectivity index (χ1n) is 19.7. The van der Waals surface area contributed by atoms with Gasteiger partial charge in [0.2, 0.25) is 0 Å². The van der Waals surface area contributed by atoms with Gasteiger partial charge in [-0.25, -0.2) is 0 Å². The lowest BCUT2D eigenvalue weighted by atomic mass is 9.73. The lowest BCUT2D eigenvalue weighted by Crippen LogP contribution is -2.58. The van der Waals surface area contributed by atoms with Crippen molar-refractivity contribution in [3.05, 3.63) is 59.7 Å². The molecule has 1 aliphatic carbocycles. The van der Waals surface area contributed by atoms with E-state index in [1.165, 1.54) is 11.1 Å². The van der Waals surface area contributed by atoms with E-state index < -0.39 is 11.8 Å². The molecule has 2 aromatic carbocycles. The van der Waals surface area contributed by atoms with E-state index in [0.29, 0.717) is 61.3 Å². The summed E-state index contributed by atoms with van der Waals surface area (Å²) in [5, 5.41) is 0. The highest BCUT2D eigenvalue weighted by atomic mass is 16.6. The monoisotopic (exact) mass is 716 g/mol. The van der Waals surface area contributed by atoms with Gasteiger partial charge in [0.15, 0.2) is 0 Å². The van der Waals surface area contributed by atoms with Crippen molar-refractivity contribution in [2.45, 2.75) is 140 Å². The lowest BCUT2D eigenvalue weighted by molar-refractivity contribution is -0.961. The second kappa shape index (κ2) is 14.9. The fourth-order valence-corrected chi connectivity index (χ4v) is 10.2. The van der Waals surface area contributed by atoms with Gasteiger partial charge in [0.1, 0.15) is 36.8 Å². The Morgan fingerprint density at radius 3 is 1.15 bits per heavy atom. The van der Waals surface area contributed by atoms with Gasteiger partial charge < -0.3 is 27.9 Å². The van der Waals surface area contributed by atoms with Crippen molar-refractivity contribution in [3.63, 3.8) is 0 Å². The van der Waals surface area contributed by atoms with Crippen molar-refractivity contribution < 1.29 is 47.1 Å². The Morgan fingerprint density at radius 1 is 0.538 bits per heavy atom. The van der Waals surface area contributed by atoms with Crippen LogP contribution in [0, 0.1) is 11.8 Å². The predicted octanol–water partition coefficient (Wildman–Crippen LogP) is 6.41. The van der Waals surface area contributed by atoms with Crippen LogP contribution in [0.2, 0.25) is 0 Å². The molecule has 4 bridgehead atoms. The van der Waals surface area contributed by atoms with E-state index in [1.807, 2.05) is 24.3 Å². The molecular weight excluding hydrogens is 660 g/mol. The van der Waals surface area contributed by atoms with Crippen LogP contribution >= 0.6 is 0 Å². The van der Waals surface area contributed by atoms with Gasteiger partial charge in [0.25, 0.3) is 0 Å². The summed E-state index contributed by atoms with van der Waals surface area (Å²) in [6, 6.07) is 17.3. The van der Waals surface area contributed by atoms with E-state index in [2.05, 4.69) is 38.4 Å². The number of esters is 4. The molecule has 280 valence electrons. The number of carbonyl (C=O) groups is 4. The summed E-state index contributed by atoms with van der Waals surface area (Å²) in [7, 11) is 4.65. The fraction of sp³-hybridized carbons (Fsp3) is 0.619. The molecule has 5 fully saturated rings. The van der Waals surface area contributed by atoms with Crippen LogP contribution < -0.4 is 9.47 Å². The fourth-order valence-electron chi connectivity index (χ4n) is 10.2. The van der Waals surface area contributed by atoms with Crippen molar-refractivity contribution >= 4 is 23.9 Å². The number of piperidine rings is 2. The molecule has 7 rings (SSSR count). The predicted molar refractivity (Wildman–Crippen MR) is 193 cm³/mol. The van der Waals surface area contributed by atoms with Gasteiger partial charge in [-0.05, 0) is 61.4 Å². The van der Waals surface area contributed by atoms with Crippen LogP contribution in [0.5, 0.6) is 11.5 Å².